The Kier molecular flexibility index (Phi) is 5.94. The zero-order chi connectivity index (χ0) is 21.9. The number of methoxy groups -OCH3 is 1. The van der Waals surface area contributed by atoms with Gasteiger partial charge in [-0.15, -0.1) is 0 Å². The number of sulfonamides is 2. The van der Waals surface area contributed by atoms with Gasteiger partial charge in [0.2, 0.25) is 0 Å². The molecule has 0 bridgehead atoms. The van der Waals surface area contributed by atoms with Crippen LogP contribution < -0.4 is 14.2 Å². The van der Waals surface area contributed by atoms with E-state index in [4.69, 9.17) is 4.74 Å². The minimum Gasteiger partial charge on any atom is -0.495 e. The Labute approximate surface area is 172 Å². The number of benzene rings is 3. The third kappa shape index (κ3) is 4.69. The lowest BCUT2D eigenvalue weighted by atomic mass is 10.3. The van der Waals surface area contributed by atoms with Crippen LogP contribution >= 0.6 is 0 Å². The summed E-state index contributed by atoms with van der Waals surface area (Å²) in [6.07, 6.45) is 0. The van der Waals surface area contributed by atoms with E-state index in [1.807, 2.05) is 0 Å². The Morgan fingerprint density at radius 3 is 1.97 bits per heavy atom. The van der Waals surface area contributed by atoms with Gasteiger partial charge in [0.25, 0.3) is 20.0 Å². The molecule has 0 amide bonds. The number of ether oxygens (including phenoxy) is 1. The third-order valence-electron chi connectivity index (χ3n) is 3.97. The minimum atomic E-state index is -4.20. The first-order valence-electron chi connectivity index (χ1n) is 8.36. The molecule has 0 atom stereocenters. The summed E-state index contributed by atoms with van der Waals surface area (Å²) in [7, 11) is -6.76. The van der Waals surface area contributed by atoms with Crippen molar-refractivity contribution in [2.45, 2.75) is 9.79 Å². The molecule has 7 nitrogen and oxygen atoms in total. The molecule has 3 aromatic carbocycles. The monoisotopic (exact) mass is 454 g/mol. The van der Waals surface area contributed by atoms with E-state index in [-0.39, 0.29) is 16.3 Å². The second-order valence-corrected chi connectivity index (χ2v) is 9.38. The van der Waals surface area contributed by atoms with Gasteiger partial charge in [-0.25, -0.2) is 25.6 Å². The van der Waals surface area contributed by atoms with Crippen LogP contribution in [0, 0.1) is 11.6 Å². The van der Waals surface area contributed by atoms with Crippen molar-refractivity contribution in [3.63, 3.8) is 0 Å². The lowest BCUT2D eigenvalue weighted by molar-refractivity contribution is 0.417. The number of rotatable bonds is 7. The molecule has 3 aromatic rings. The largest absolute Gasteiger partial charge is 0.495 e. The van der Waals surface area contributed by atoms with Crippen LogP contribution in [0.15, 0.2) is 76.5 Å². The average Bonchev–Trinajstić information content (AvgIpc) is 2.70. The average molecular weight is 454 g/mol. The molecule has 0 fully saturated rings. The van der Waals surface area contributed by atoms with Crippen molar-refractivity contribution in [3.8, 4) is 5.75 Å². The van der Waals surface area contributed by atoms with E-state index in [0.717, 1.165) is 6.07 Å². The van der Waals surface area contributed by atoms with Crippen molar-refractivity contribution >= 4 is 31.4 Å². The minimum absolute atomic E-state index is 0.0379. The topological polar surface area (TPSA) is 102 Å². The van der Waals surface area contributed by atoms with Gasteiger partial charge in [0.15, 0.2) is 11.6 Å². The van der Waals surface area contributed by atoms with Crippen molar-refractivity contribution < 1.29 is 30.4 Å². The quantitative estimate of drug-likeness (QED) is 0.568. The molecular formula is C19H16F2N2O5S2. The smallest absolute Gasteiger partial charge is 0.262 e. The van der Waals surface area contributed by atoms with Gasteiger partial charge in [0.05, 0.1) is 22.6 Å². The van der Waals surface area contributed by atoms with Gasteiger partial charge in [-0.2, -0.15) is 0 Å². The zero-order valence-corrected chi connectivity index (χ0v) is 17.1. The standard InChI is InChI=1S/C19H16F2N2O5S2/c1-28-19-5-3-2-4-18(19)23-29(24,25)14-8-6-13(7-9-14)22-30(26,27)15-10-11-16(20)17(21)12-15/h2-12,22-23H,1H3. The Bertz CT molecular complexity index is 1280. The van der Waals surface area contributed by atoms with Gasteiger partial charge in [0.1, 0.15) is 5.75 Å². The van der Waals surface area contributed by atoms with Gasteiger partial charge in [0, 0.05) is 5.69 Å². The van der Waals surface area contributed by atoms with E-state index in [1.165, 1.54) is 37.4 Å². The van der Waals surface area contributed by atoms with Crippen molar-refractivity contribution in [3.05, 3.63) is 78.4 Å². The van der Waals surface area contributed by atoms with E-state index in [0.29, 0.717) is 17.9 Å². The summed E-state index contributed by atoms with van der Waals surface area (Å²) >= 11 is 0. The number of para-hydroxylation sites is 2. The Balaban J connectivity index is 1.81. The molecule has 11 heteroatoms. The fourth-order valence-corrected chi connectivity index (χ4v) is 4.63. The van der Waals surface area contributed by atoms with Crippen LogP contribution in [0.4, 0.5) is 20.2 Å². The first-order valence-corrected chi connectivity index (χ1v) is 11.3. The van der Waals surface area contributed by atoms with Crippen molar-refractivity contribution in [2.75, 3.05) is 16.6 Å². The summed E-state index contributed by atoms with van der Waals surface area (Å²) in [5.41, 5.74) is 0.277. The molecule has 0 aliphatic carbocycles. The van der Waals surface area contributed by atoms with Crippen molar-refractivity contribution in [1.82, 2.24) is 0 Å². The molecule has 0 saturated carbocycles. The fraction of sp³-hybridized carbons (Fsp3) is 0.0526. The molecule has 0 radical (unpaired) electrons. The van der Waals surface area contributed by atoms with Crippen LogP contribution in [0.25, 0.3) is 0 Å². The number of halogens is 2. The van der Waals surface area contributed by atoms with Crippen LogP contribution in [-0.2, 0) is 20.0 Å². The summed E-state index contributed by atoms with van der Waals surface area (Å²) < 4.78 is 85.8. The van der Waals surface area contributed by atoms with E-state index < -0.39 is 36.6 Å². The van der Waals surface area contributed by atoms with Crippen LogP contribution in [0.5, 0.6) is 5.75 Å². The summed E-state index contributed by atoms with van der Waals surface area (Å²) in [4.78, 5) is -0.597. The van der Waals surface area contributed by atoms with E-state index in [1.54, 1.807) is 18.2 Å². The second-order valence-electron chi connectivity index (χ2n) is 6.01. The molecule has 0 saturated heterocycles. The highest BCUT2D eigenvalue weighted by atomic mass is 32.2. The summed E-state index contributed by atoms with van der Waals surface area (Å²) in [6, 6.07) is 13.5. The van der Waals surface area contributed by atoms with E-state index in [9.17, 15) is 25.6 Å². The van der Waals surface area contributed by atoms with Crippen molar-refractivity contribution in [1.29, 1.82) is 0 Å². The van der Waals surface area contributed by atoms with Crippen LogP contribution in [0.2, 0.25) is 0 Å². The molecule has 0 unspecified atom stereocenters. The van der Waals surface area contributed by atoms with E-state index >= 15 is 0 Å². The maximum absolute atomic E-state index is 13.3. The molecule has 0 aliphatic heterocycles. The van der Waals surface area contributed by atoms with E-state index in [2.05, 4.69) is 9.44 Å². The number of anilines is 2. The number of hydrogen-bond acceptors (Lipinski definition) is 5. The maximum Gasteiger partial charge on any atom is 0.262 e. The first kappa shape index (κ1) is 21.5. The highest BCUT2D eigenvalue weighted by Crippen LogP contribution is 2.27. The Hall–Kier alpha value is -3.18. The van der Waals surface area contributed by atoms with Gasteiger partial charge in [-0.1, -0.05) is 12.1 Å². The lowest BCUT2D eigenvalue weighted by Crippen LogP contribution is -2.15. The number of hydrogen-bond donors (Lipinski definition) is 2. The molecule has 0 heterocycles. The van der Waals surface area contributed by atoms with Crippen molar-refractivity contribution in [2.24, 2.45) is 0 Å². The summed E-state index contributed by atoms with van der Waals surface area (Å²) in [6.45, 7) is 0. The predicted octanol–water partition coefficient (Wildman–Crippen LogP) is 3.58. The normalized spacial score (nSPS) is 11.7. The summed E-state index contributed by atoms with van der Waals surface area (Å²) in [5, 5.41) is 0. The fourth-order valence-electron chi connectivity index (χ4n) is 2.49. The predicted molar refractivity (Wildman–Crippen MR) is 107 cm³/mol. The van der Waals surface area contributed by atoms with Gasteiger partial charge in [-0.3, -0.25) is 9.44 Å². The molecule has 30 heavy (non-hydrogen) atoms. The van der Waals surface area contributed by atoms with Crippen LogP contribution in [0.1, 0.15) is 0 Å². The second kappa shape index (κ2) is 8.28. The molecule has 158 valence electrons. The number of nitrogens with one attached hydrogen (secondary N) is 2. The Morgan fingerprint density at radius 1 is 0.733 bits per heavy atom. The molecule has 3 rings (SSSR count). The van der Waals surface area contributed by atoms with Crippen LogP contribution in [0.3, 0.4) is 0 Å². The maximum atomic E-state index is 13.3. The van der Waals surface area contributed by atoms with Gasteiger partial charge in [-0.05, 0) is 54.6 Å². The molecule has 0 aromatic heterocycles. The SMILES string of the molecule is COc1ccccc1NS(=O)(=O)c1ccc(NS(=O)(=O)c2ccc(F)c(F)c2)cc1. The first-order chi connectivity index (χ1) is 14.1. The van der Waals surface area contributed by atoms with Gasteiger partial charge >= 0.3 is 0 Å². The van der Waals surface area contributed by atoms with Gasteiger partial charge < -0.3 is 4.74 Å². The third-order valence-corrected chi connectivity index (χ3v) is 6.73. The highest BCUT2D eigenvalue weighted by Gasteiger charge is 2.19. The Morgan fingerprint density at radius 2 is 1.33 bits per heavy atom. The van der Waals surface area contributed by atoms with Crippen LogP contribution in [-0.4, -0.2) is 23.9 Å². The molecule has 0 aliphatic rings. The zero-order valence-electron chi connectivity index (χ0n) is 15.5. The molecular weight excluding hydrogens is 438 g/mol. The lowest BCUT2D eigenvalue weighted by Gasteiger charge is -2.12. The summed E-state index contributed by atoms with van der Waals surface area (Å²) in [5.74, 6) is -2.15. The molecule has 2 N–H and O–H groups in total. The highest BCUT2D eigenvalue weighted by molar-refractivity contribution is 7.93. The molecule has 0 spiro atoms.